The number of nitro benzene ring substituents is 1. The van der Waals surface area contributed by atoms with Gasteiger partial charge >= 0.3 is 5.97 Å². The van der Waals surface area contributed by atoms with Crippen molar-refractivity contribution in [3.63, 3.8) is 0 Å². The molecular weight excluding hydrogens is 302 g/mol. The first-order valence-electron chi connectivity index (χ1n) is 7.16. The van der Waals surface area contributed by atoms with Crippen LogP contribution in [0.1, 0.15) is 37.6 Å². The molecule has 1 atom stereocenters. The molecule has 1 rings (SSSR count). The van der Waals surface area contributed by atoms with Gasteiger partial charge in [0, 0.05) is 11.8 Å². The van der Waals surface area contributed by atoms with Crippen LogP contribution in [0.15, 0.2) is 29.4 Å². The monoisotopic (exact) mass is 321 g/mol. The van der Waals surface area contributed by atoms with E-state index in [-0.39, 0.29) is 17.9 Å². The van der Waals surface area contributed by atoms with E-state index in [2.05, 4.69) is 10.5 Å². The van der Waals surface area contributed by atoms with Crippen molar-refractivity contribution < 1.29 is 19.2 Å². The Balaban J connectivity index is 2.89. The number of nitro groups is 1. The lowest BCUT2D eigenvalue weighted by molar-refractivity contribution is -0.385. The Morgan fingerprint density at radius 1 is 1.35 bits per heavy atom. The highest BCUT2D eigenvalue weighted by Gasteiger charge is 2.22. The second-order valence-electron chi connectivity index (χ2n) is 4.68. The zero-order valence-corrected chi connectivity index (χ0v) is 13.2. The van der Waals surface area contributed by atoms with Crippen molar-refractivity contribution in [2.75, 3.05) is 6.61 Å². The predicted molar refractivity (Wildman–Crippen MR) is 84.1 cm³/mol. The van der Waals surface area contributed by atoms with E-state index in [1.165, 1.54) is 24.3 Å². The summed E-state index contributed by atoms with van der Waals surface area (Å²) < 4.78 is 4.94. The largest absolute Gasteiger partial charge is 0.465 e. The Morgan fingerprint density at radius 3 is 2.57 bits per heavy atom. The molecule has 0 aliphatic rings. The van der Waals surface area contributed by atoms with Crippen molar-refractivity contribution >= 4 is 23.3 Å². The van der Waals surface area contributed by atoms with E-state index in [9.17, 15) is 19.7 Å². The number of nitrogens with one attached hydrogen (secondary N) is 1. The van der Waals surface area contributed by atoms with Crippen molar-refractivity contribution in [1.82, 2.24) is 5.43 Å². The van der Waals surface area contributed by atoms with Gasteiger partial charge in [0.25, 0.3) is 11.6 Å². The molecule has 124 valence electrons. The molecule has 0 unspecified atom stereocenters. The van der Waals surface area contributed by atoms with Crippen molar-refractivity contribution in [2.45, 2.75) is 27.2 Å². The summed E-state index contributed by atoms with van der Waals surface area (Å²) in [5, 5.41) is 14.8. The fourth-order valence-corrected chi connectivity index (χ4v) is 1.98. The van der Waals surface area contributed by atoms with Crippen molar-refractivity contribution in [1.29, 1.82) is 0 Å². The zero-order valence-electron chi connectivity index (χ0n) is 13.2. The third-order valence-corrected chi connectivity index (χ3v) is 3.16. The number of hydrazone groups is 1. The summed E-state index contributed by atoms with van der Waals surface area (Å²) in [4.78, 5) is 34.1. The Kier molecular flexibility index (Phi) is 6.85. The topological polar surface area (TPSA) is 111 Å². The third-order valence-electron chi connectivity index (χ3n) is 3.16. The van der Waals surface area contributed by atoms with E-state index < -0.39 is 22.7 Å². The molecule has 8 heteroatoms. The minimum Gasteiger partial charge on any atom is -0.465 e. The number of rotatable bonds is 7. The van der Waals surface area contributed by atoms with Crippen LogP contribution in [0.3, 0.4) is 0 Å². The molecule has 0 aliphatic heterocycles. The molecule has 1 aromatic carbocycles. The van der Waals surface area contributed by atoms with Crippen molar-refractivity contribution in [3.8, 4) is 0 Å². The van der Waals surface area contributed by atoms with E-state index in [1.807, 2.05) is 0 Å². The number of hydrogen-bond donors (Lipinski definition) is 1. The number of para-hydroxylation sites is 1. The average Bonchev–Trinajstić information content (AvgIpc) is 2.53. The highest BCUT2D eigenvalue weighted by Crippen LogP contribution is 2.17. The quantitative estimate of drug-likeness (QED) is 0.358. The second kappa shape index (κ2) is 8.62. The van der Waals surface area contributed by atoms with Crippen LogP contribution in [-0.4, -0.2) is 29.1 Å². The Bertz CT molecular complexity index is 627. The fraction of sp³-hybridized carbons (Fsp3) is 0.400. The molecule has 1 amide bonds. The lowest BCUT2D eigenvalue weighted by Crippen LogP contribution is -2.27. The van der Waals surface area contributed by atoms with Crippen LogP contribution < -0.4 is 5.43 Å². The minimum atomic E-state index is -0.713. The molecule has 0 fully saturated rings. The van der Waals surface area contributed by atoms with E-state index >= 15 is 0 Å². The molecule has 0 heterocycles. The normalized spacial score (nSPS) is 12.4. The second-order valence-corrected chi connectivity index (χ2v) is 4.68. The van der Waals surface area contributed by atoms with Gasteiger partial charge in [0.1, 0.15) is 5.56 Å². The van der Waals surface area contributed by atoms with Crippen LogP contribution in [0, 0.1) is 16.0 Å². The van der Waals surface area contributed by atoms with Gasteiger partial charge in [0.2, 0.25) is 0 Å². The van der Waals surface area contributed by atoms with Crippen LogP contribution in [0.2, 0.25) is 0 Å². The number of ether oxygens (including phenoxy) is 1. The Morgan fingerprint density at radius 2 is 2.00 bits per heavy atom. The lowest BCUT2D eigenvalue weighted by atomic mass is 10.0. The zero-order chi connectivity index (χ0) is 17.4. The van der Waals surface area contributed by atoms with Gasteiger partial charge in [-0.1, -0.05) is 19.1 Å². The molecule has 1 N–H and O–H groups in total. The summed E-state index contributed by atoms with van der Waals surface area (Å²) in [6, 6.07) is 5.56. The summed E-state index contributed by atoms with van der Waals surface area (Å²) in [7, 11) is 0. The van der Waals surface area contributed by atoms with Gasteiger partial charge < -0.3 is 4.74 Å². The Labute approximate surface area is 133 Å². The minimum absolute atomic E-state index is 0.0989. The van der Waals surface area contributed by atoms with Gasteiger partial charge in [0.15, 0.2) is 0 Å². The first-order chi connectivity index (χ1) is 10.9. The SMILES string of the molecule is CCOC(=O)[C@@H](CC)/C(C)=N/NC(=O)c1ccccc1[N+](=O)[O-]. The van der Waals surface area contributed by atoms with Gasteiger partial charge in [-0.15, -0.1) is 0 Å². The lowest BCUT2D eigenvalue weighted by Gasteiger charge is -2.13. The van der Waals surface area contributed by atoms with Crippen LogP contribution in [0.4, 0.5) is 5.69 Å². The predicted octanol–water partition coefficient (Wildman–Crippen LogP) is 2.29. The number of carbonyl (C=O) groups is 2. The summed E-state index contributed by atoms with van der Waals surface area (Å²) in [5.74, 6) is -1.70. The molecule has 23 heavy (non-hydrogen) atoms. The van der Waals surface area contributed by atoms with Crippen molar-refractivity contribution in [2.24, 2.45) is 11.0 Å². The van der Waals surface area contributed by atoms with Crippen LogP contribution in [-0.2, 0) is 9.53 Å². The van der Waals surface area contributed by atoms with E-state index in [0.29, 0.717) is 12.1 Å². The van der Waals surface area contributed by atoms with Crippen LogP contribution in [0.25, 0.3) is 0 Å². The molecule has 1 aromatic rings. The molecule has 0 radical (unpaired) electrons. The molecule has 0 aromatic heterocycles. The summed E-state index contributed by atoms with van der Waals surface area (Å²) in [6.07, 6.45) is 0.468. The van der Waals surface area contributed by atoms with E-state index in [0.717, 1.165) is 0 Å². The fourth-order valence-electron chi connectivity index (χ4n) is 1.98. The summed E-state index contributed by atoms with van der Waals surface area (Å²) in [5.41, 5.74) is 2.21. The summed E-state index contributed by atoms with van der Waals surface area (Å²) >= 11 is 0. The maximum absolute atomic E-state index is 12.0. The van der Waals surface area contributed by atoms with Gasteiger partial charge in [-0.25, -0.2) is 5.43 Å². The maximum atomic E-state index is 12.0. The first kappa shape index (κ1) is 18.3. The molecule has 0 bridgehead atoms. The number of nitrogens with zero attached hydrogens (tertiary/aromatic N) is 2. The standard InChI is InChI=1S/C15H19N3O5/c1-4-11(15(20)23-5-2)10(3)16-17-14(19)12-8-6-7-9-13(12)18(21)22/h6-9,11H,4-5H2,1-3H3,(H,17,19)/b16-10+/t11-/m0/s1. The van der Waals surface area contributed by atoms with Gasteiger partial charge in [-0.3, -0.25) is 19.7 Å². The number of hydrogen-bond acceptors (Lipinski definition) is 6. The smallest absolute Gasteiger partial charge is 0.314 e. The number of carbonyl (C=O) groups excluding carboxylic acids is 2. The molecule has 0 saturated heterocycles. The van der Waals surface area contributed by atoms with Gasteiger partial charge in [-0.05, 0) is 26.3 Å². The molecule has 0 saturated carbocycles. The Hall–Kier alpha value is -2.77. The maximum Gasteiger partial charge on any atom is 0.314 e. The van der Waals surface area contributed by atoms with E-state index in [1.54, 1.807) is 20.8 Å². The number of esters is 1. The van der Waals surface area contributed by atoms with Gasteiger partial charge in [-0.2, -0.15) is 5.10 Å². The number of benzene rings is 1. The van der Waals surface area contributed by atoms with E-state index in [4.69, 9.17) is 4.74 Å². The van der Waals surface area contributed by atoms with Crippen LogP contribution in [0.5, 0.6) is 0 Å². The highest BCUT2D eigenvalue weighted by atomic mass is 16.6. The molecule has 0 aliphatic carbocycles. The molecule has 8 nitrogen and oxygen atoms in total. The molecular formula is C15H19N3O5. The summed E-state index contributed by atoms with van der Waals surface area (Å²) in [6.45, 7) is 5.34. The van der Waals surface area contributed by atoms with Crippen LogP contribution >= 0.6 is 0 Å². The average molecular weight is 321 g/mol. The molecule has 0 spiro atoms. The third kappa shape index (κ3) is 4.87. The highest BCUT2D eigenvalue weighted by molar-refractivity contribution is 6.02. The first-order valence-corrected chi connectivity index (χ1v) is 7.16. The van der Waals surface area contributed by atoms with Crippen molar-refractivity contribution in [3.05, 3.63) is 39.9 Å². The number of amides is 1. The van der Waals surface area contributed by atoms with Gasteiger partial charge in [0.05, 0.1) is 17.4 Å².